The van der Waals surface area contributed by atoms with Crippen molar-refractivity contribution in [2.24, 2.45) is 11.1 Å². The van der Waals surface area contributed by atoms with E-state index in [0.29, 0.717) is 5.92 Å². The predicted octanol–water partition coefficient (Wildman–Crippen LogP) is 3.08. The third-order valence-corrected chi connectivity index (χ3v) is 2.39. The zero-order valence-corrected chi connectivity index (χ0v) is 8.99. The Kier molecular flexibility index (Phi) is 3.69. The van der Waals surface area contributed by atoms with Crippen LogP contribution in [0.2, 0.25) is 0 Å². The standard InChI is InChI=1S/C10H11NO.C2H6/c1-7-6-8-4-2-3-5-9(8)10(7)11-12;1-2/h2-5,7,12H,6H2,1H3;1-2H3/b11-10+;. The summed E-state index contributed by atoms with van der Waals surface area (Å²) in [5.41, 5.74) is 3.22. The van der Waals surface area contributed by atoms with E-state index in [1.807, 2.05) is 32.0 Å². The second-order valence-electron chi connectivity index (χ2n) is 3.25. The van der Waals surface area contributed by atoms with Gasteiger partial charge in [-0.25, -0.2) is 0 Å². The molecule has 0 saturated heterocycles. The number of rotatable bonds is 0. The molecule has 1 atom stereocenters. The Balaban J connectivity index is 0.000000461. The lowest BCUT2D eigenvalue weighted by atomic mass is 10.1. The lowest BCUT2D eigenvalue weighted by molar-refractivity contribution is 0.316. The first-order valence-corrected chi connectivity index (χ1v) is 5.13. The van der Waals surface area contributed by atoms with Crippen molar-refractivity contribution in [2.75, 3.05) is 0 Å². The Morgan fingerprint density at radius 3 is 2.57 bits per heavy atom. The van der Waals surface area contributed by atoms with Gasteiger partial charge in [-0.15, -0.1) is 0 Å². The Labute approximate surface area is 85.3 Å². The maximum atomic E-state index is 8.77. The van der Waals surface area contributed by atoms with Gasteiger partial charge in [-0.1, -0.05) is 50.2 Å². The molecule has 1 aliphatic rings. The summed E-state index contributed by atoms with van der Waals surface area (Å²) in [5.74, 6) is 0.354. The van der Waals surface area contributed by atoms with Crippen molar-refractivity contribution in [1.29, 1.82) is 0 Å². The van der Waals surface area contributed by atoms with Crippen LogP contribution < -0.4 is 0 Å². The van der Waals surface area contributed by atoms with Gasteiger partial charge in [-0.05, 0) is 12.0 Å². The minimum atomic E-state index is 0.354. The highest BCUT2D eigenvalue weighted by Crippen LogP contribution is 2.26. The number of nitrogens with zero attached hydrogens (tertiary/aromatic N) is 1. The van der Waals surface area contributed by atoms with E-state index in [2.05, 4.69) is 18.1 Å². The van der Waals surface area contributed by atoms with E-state index in [1.165, 1.54) is 5.56 Å². The van der Waals surface area contributed by atoms with E-state index in [0.717, 1.165) is 17.7 Å². The van der Waals surface area contributed by atoms with Crippen LogP contribution in [0.4, 0.5) is 0 Å². The first-order chi connectivity index (χ1) is 6.83. The van der Waals surface area contributed by atoms with Crippen molar-refractivity contribution >= 4 is 5.71 Å². The van der Waals surface area contributed by atoms with Crippen LogP contribution in [0.25, 0.3) is 0 Å². The molecule has 0 aromatic heterocycles. The molecule has 0 aliphatic heterocycles. The fourth-order valence-corrected chi connectivity index (χ4v) is 1.79. The highest BCUT2D eigenvalue weighted by atomic mass is 16.4. The Hall–Kier alpha value is -1.31. The van der Waals surface area contributed by atoms with Gasteiger partial charge in [0.25, 0.3) is 0 Å². The van der Waals surface area contributed by atoms with Crippen LogP contribution in [0, 0.1) is 5.92 Å². The van der Waals surface area contributed by atoms with Crippen LogP contribution in [-0.2, 0) is 6.42 Å². The van der Waals surface area contributed by atoms with Gasteiger partial charge in [-0.2, -0.15) is 0 Å². The van der Waals surface area contributed by atoms with Crippen molar-refractivity contribution in [1.82, 2.24) is 0 Å². The Morgan fingerprint density at radius 2 is 1.93 bits per heavy atom. The third-order valence-electron chi connectivity index (χ3n) is 2.39. The highest BCUT2D eigenvalue weighted by molar-refractivity contribution is 6.05. The van der Waals surface area contributed by atoms with Gasteiger partial charge in [0.15, 0.2) is 0 Å². The lowest BCUT2D eigenvalue weighted by Gasteiger charge is -1.99. The number of oxime groups is 1. The molecule has 1 aromatic rings. The molecule has 1 aromatic carbocycles. The van der Waals surface area contributed by atoms with E-state index in [4.69, 9.17) is 5.21 Å². The van der Waals surface area contributed by atoms with E-state index < -0.39 is 0 Å². The van der Waals surface area contributed by atoms with Crippen molar-refractivity contribution in [2.45, 2.75) is 27.2 Å². The topological polar surface area (TPSA) is 32.6 Å². The van der Waals surface area contributed by atoms with Crippen molar-refractivity contribution in [3.05, 3.63) is 35.4 Å². The minimum absolute atomic E-state index is 0.354. The Bertz CT molecular complexity index is 331. The molecule has 76 valence electrons. The molecule has 0 saturated carbocycles. The second kappa shape index (κ2) is 4.80. The van der Waals surface area contributed by atoms with Crippen LogP contribution >= 0.6 is 0 Å². The van der Waals surface area contributed by atoms with Crippen molar-refractivity contribution < 1.29 is 5.21 Å². The first-order valence-electron chi connectivity index (χ1n) is 5.13. The van der Waals surface area contributed by atoms with Gasteiger partial charge >= 0.3 is 0 Å². The average molecular weight is 191 g/mol. The van der Waals surface area contributed by atoms with E-state index >= 15 is 0 Å². The molecule has 0 radical (unpaired) electrons. The zero-order valence-electron chi connectivity index (χ0n) is 8.99. The molecule has 1 aliphatic carbocycles. The maximum Gasteiger partial charge on any atom is 0.0901 e. The summed E-state index contributed by atoms with van der Waals surface area (Å²) in [7, 11) is 0. The monoisotopic (exact) mass is 191 g/mol. The smallest absolute Gasteiger partial charge is 0.0901 e. The first kappa shape index (κ1) is 10.8. The van der Waals surface area contributed by atoms with Crippen LogP contribution in [0.3, 0.4) is 0 Å². The molecule has 0 fully saturated rings. The molecule has 0 spiro atoms. The van der Waals surface area contributed by atoms with E-state index in [9.17, 15) is 0 Å². The van der Waals surface area contributed by atoms with Crippen LogP contribution in [0.5, 0.6) is 0 Å². The number of hydrogen-bond acceptors (Lipinski definition) is 2. The van der Waals surface area contributed by atoms with Crippen LogP contribution in [0.15, 0.2) is 29.4 Å². The number of benzene rings is 1. The van der Waals surface area contributed by atoms with E-state index in [-0.39, 0.29) is 0 Å². The summed E-state index contributed by atoms with van der Waals surface area (Å²) < 4.78 is 0. The summed E-state index contributed by atoms with van der Waals surface area (Å²) in [5, 5.41) is 12.1. The summed E-state index contributed by atoms with van der Waals surface area (Å²) in [4.78, 5) is 0. The molecule has 0 bridgehead atoms. The molecule has 2 rings (SSSR count). The quantitative estimate of drug-likeness (QED) is 0.496. The molecular formula is C12H17NO. The molecular weight excluding hydrogens is 174 g/mol. The zero-order chi connectivity index (χ0) is 10.6. The molecule has 1 unspecified atom stereocenters. The maximum absolute atomic E-state index is 8.77. The van der Waals surface area contributed by atoms with Gasteiger partial charge in [0, 0.05) is 11.5 Å². The number of hydrogen-bond donors (Lipinski definition) is 1. The van der Waals surface area contributed by atoms with Crippen LogP contribution in [0.1, 0.15) is 31.9 Å². The van der Waals surface area contributed by atoms with Gasteiger partial charge in [-0.3, -0.25) is 0 Å². The summed E-state index contributed by atoms with van der Waals surface area (Å²) in [6, 6.07) is 8.09. The molecule has 2 nitrogen and oxygen atoms in total. The molecule has 2 heteroatoms. The molecule has 0 amide bonds. The molecule has 14 heavy (non-hydrogen) atoms. The van der Waals surface area contributed by atoms with Crippen molar-refractivity contribution in [3.8, 4) is 0 Å². The Morgan fingerprint density at radius 1 is 1.29 bits per heavy atom. The summed E-state index contributed by atoms with van der Waals surface area (Å²) >= 11 is 0. The third kappa shape index (κ3) is 1.79. The van der Waals surface area contributed by atoms with Gasteiger partial charge in [0.05, 0.1) is 5.71 Å². The highest BCUT2D eigenvalue weighted by Gasteiger charge is 2.24. The average Bonchev–Trinajstić information content (AvgIpc) is 2.56. The predicted molar refractivity (Wildman–Crippen MR) is 59.0 cm³/mol. The lowest BCUT2D eigenvalue weighted by Crippen LogP contribution is -2.05. The van der Waals surface area contributed by atoms with Gasteiger partial charge in [0.2, 0.25) is 0 Å². The van der Waals surface area contributed by atoms with E-state index in [1.54, 1.807) is 0 Å². The molecule has 1 N–H and O–H groups in total. The van der Waals surface area contributed by atoms with Gasteiger partial charge in [0.1, 0.15) is 0 Å². The normalized spacial score (nSPS) is 21.4. The summed E-state index contributed by atoms with van der Waals surface area (Å²) in [6.07, 6.45) is 0.996. The fourth-order valence-electron chi connectivity index (χ4n) is 1.79. The molecule has 0 heterocycles. The van der Waals surface area contributed by atoms with Crippen molar-refractivity contribution in [3.63, 3.8) is 0 Å². The summed E-state index contributed by atoms with van der Waals surface area (Å²) in [6.45, 7) is 6.08. The second-order valence-corrected chi connectivity index (χ2v) is 3.25. The van der Waals surface area contributed by atoms with Gasteiger partial charge < -0.3 is 5.21 Å². The number of fused-ring (bicyclic) bond motifs is 1. The minimum Gasteiger partial charge on any atom is -0.411 e. The SMILES string of the molecule is CC.CC1Cc2ccccc2/C1=N/O. The largest absolute Gasteiger partial charge is 0.411 e. The van der Waals surface area contributed by atoms with Crippen LogP contribution in [-0.4, -0.2) is 10.9 Å². The fraction of sp³-hybridized carbons (Fsp3) is 0.417.